The lowest BCUT2D eigenvalue weighted by molar-refractivity contribution is -0.297. The molecule has 6 aliphatic rings. The van der Waals surface area contributed by atoms with Crippen LogP contribution in [0.3, 0.4) is 0 Å². The van der Waals surface area contributed by atoms with Crippen LogP contribution in [0.1, 0.15) is 106 Å². The molecule has 0 amide bonds. The molecule has 18 heteroatoms. The second-order valence-electron chi connectivity index (χ2n) is 18.6. The molecule has 0 aromatic heterocycles. The zero-order valence-electron chi connectivity index (χ0n) is 31.6. The molecule has 5 aliphatic carbocycles. The predicted octanol–water partition coefficient (Wildman–Crippen LogP) is 3.21. The van der Waals surface area contributed by atoms with E-state index in [1.54, 1.807) is 0 Å². The second-order valence-corrected chi connectivity index (χ2v) is 20.7. The average Bonchev–Trinajstić information content (AvgIpc) is 3.04. The molecular formula is C36H56O16S2. The molecule has 0 aromatic rings. The molecular weight excluding hydrogens is 753 g/mol. The lowest BCUT2D eigenvalue weighted by atomic mass is 9.33. The van der Waals surface area contributed by atoms with Crippen molar-refractivity contribution in [2.75, 3.05) is 6.61 Å². The number of hydrogen-bond acceptors (Lipinski definition) is 13. The highest BCUT2D eigenvalue weighted by atomic mass is 32.3. The van der Waals surface area contributed by atoms with Crippen molar-refractivity contribution in [3.8, 4) is 0 Å². The molecule has 6 rings (SSSR count). The van der Waals surface area contributed by atoms with Crippen molar-refractivity contribution in [2.45, 2.75) is 143 Å². The molecule has 0 radical (unpaired) electrons. The maximum atomic E-state index is 14.5. The van der Waals surface area contributed by atoms with Crippen molar-refractivity contribution < 1.29 is 73.8 Å². The van der Waals surface area contributed by atoms with Crippen molar-refractivity contribution in [3.63, 3.8) is 0 Å². The molecule has 5 fully saturated rings. The molecule has 6 N–H and O–H groups in total. The number of aliphatic carboxylic acids is 1. The summed E-state index contributed by atoms with van der Waals surface area (Å²) in [7, 11) is -10.3. The third-order valence-corrected chi connectivity index (χ3v) is 16.6. The van der Waals surface area contributed by atoms with Gasteiger partial charge >= 0.3 is 32.7 Å². The Bertz CT molecular complexity index is 1780. The van der Waals surface area contributed by atoms with Gasteiger partial charge in [-0.3, -0.25) is 18.7 Å². The number of aliphatic hydroxyl groups excluding tert-OH is 3. The lowest BCUT2D eigenvalue weighted by Crippen LogP contribution is -2.67. The summed E-state index contributed by atoms with van der Waals surface area (Å²) < 4.78 is 87.0. The lowest BCUT2D eigenvalue weighted by Gasteiger charge is -2.71. The van der Waals surface area contributed by atoms with Crippen molar-refractivity contribution in [1.29, 1.82) is 0 Å². The van der Waals surface area contributed by atoms with E-state index in [4.69, 9.17) is 18.2 Å². The number of carboxylic acid groups (broad SMARTS) is 1. The first-order valence-corrected chi connectivity index (χ1v) is 21.5. The van der Waals surface area contributed by atoms with Gasteiger partial charge in [-0.05, 0) is 111 Å². The molecule has 0 spiro atoms. The van der Waals surface area contributed by atoms with Crippen LogP contribution in [0.4, 0.5) is 0 Å². The van der Waals surface area contributed by atoms with Crippen LogP contribution in [0.5, 0.6) is 0 Å². The molecule has 308 valence electrons. The Labute approximate surface area is 316 Å². The van der Waals surface area contributed by atoms with Crippen molar-refractivity contribution in [1.82, 2.24) is 0 Å². The molecule has 14 atom stereocenters. The molecule has 0 aromatic carbocycles. The molecule has 4 saturated carbocycles. The standard InChI is InChI=1S/C36H56O16S2/c1-31(2)13-15-36(29(40)41)16-14-33(4)19(20(36)17-31)7-8-22-32(3)11-10-24(51-53(43,44)45)35(6,23(32)9-12-34(22,33)5)30(42)50-28-26(39)25(38)27(21(18-37)49-28)52-54(46,47)48/h7,20-28,37-39H,8-18H2,1-6H3,(H,40,41)(H,43,44,45)(H,46,47,48). The number of hydrogen-bond donors (Lipinski definition) is 6. The highest BCUT2D eigenvalue weighted by Crippen LogP contribution is 2.76. The van der Waals surface area contributed by atoms with Crippen LogP contribution >= 0.6 is 0 Å². The van der Waals surface area contributed by atoms with E-state index < -0.39 is 98.3 Å². The van der Waals surface area contributed by atoms with Gasteiger partial charge in [-0.2, -0.15) is 16.8 Å². The topological polar surface area (TPSA) is 261 Å². The molecule has 1 heterocycles. The molecule has 1 aliphatic heterocycles. The van der Waals surface area contributed by atoms with Gasteiger partial charge in [0.25, 0.3) is 0 Å². The number of carboxylic acids is 1. The summed E-state index contributed by atoms with van der Waals surface area (Å²) in [5.74, 6) is -2.61. The van der Waals surface area contributed by atoms with Crippen molar-refractivity contribution >= 4 is 32.7 Å². The summed E-state index contributed by atoms with van der Waals surface area (Å²) >= 11 is 0. The van der Waals surface area contributed by atoms with E-state index in [1.165, 1.54) is 12.5 Å². The Balaban J connectivity index is 1.36. The minimum atomic E-state index is -5.18. The van der Waals surface area contributed by atoms with E-state index in [1.807, 2.05) is 0 Å². The van der Waals surface area contributed by atoms with Gasteiger partial charge in [0.2, 0.25) is 6.29 Å². The molecule has 14 unspecified atom stereocenters. The Hall–Kier alpha value is -1.74. The number of carbonyl (C=O) groups is 2. The van der Waals surface area contributed by atoms with Gasteiger partial charge in [0, 0.05) is 0 Å². The van der Waals surface area contributed by atoms with E-state index in [0.717, 1.165) is 12.8 Å². The first-order chi connectivity index (χ1) is 24.7. The van der Waals surface area contributed by atoms with E-state index >= 15 is 0 Å². The minimum absolute atomic E-state index is 0.0113. The summed E-state index contributed by atoms with van der Waals surface area (Å²) in [6.45, 7) is 11.5. The van der Waals surface area contributed by atoms with Crippen molar-refractivity contribution in [2.24, 2.45) is 50.2 Å². The number of rotatable bonds is 8. The number of ether oxygens (including phenoxy) is 2. The predicted molar refractivity (Wildman–Crippen MR) is 188 cm³/mol. The largest absolute Gasteiger partial charge is 0.481 e. The first-order valence-electron chi connectivity index (χ1n) is 18.8. The summed E-state index contributed by atoms with van der Waals surface area (Å²) in [4.78, 5) is 27.6. The van der Waals surface area contributed by atoms with E-state index in [-0.39, 0.29) is 34.5 Å². The maximum Gasteiger partial charge on any atom is 0.397 e. The number of allylic oxidation sites excluding steroid dienone is 2. The summed E-state index contributed by atoms with van der Waals surface area (Å²) in [5, 5.41) is 42.1. The fourth-order valence-electron chi connectivity index (χ4n) is 12.5. The maximum absolute atomic E-state index is 14.5. The third kappa shape index (κ3) is 6.47. The van der Waals surface area contributed by atoms with Crippen LogP contribution in [0.2, 0.25) is 0 Å². The molecule has 54 heavy (non-hydrogen) atoms. The van der Waals surface area contributed by atoms with Gasteiger partial charge in [0.05, 0.1) is 23.5 Å². The fourth-order valence-corrected chi connectivity index (χ4v) is 13.6. The molecule has 16 nitrogen and oxygen atoms in total. The number of esters is 1. The zero-order chi connectivity index (χ0) is 40.2. The SMILES string of the molecule is CC1(C)CCC2(C(=O)O)CCC3(C)C(=CCC4C5(C)CCC(OS(=O)(=O)O)C(C)(C(=O)OC6OC(CO)C(OS(=O)(=O)O)C(O)C6O)C5CCC43C)C2C1. The zero-order valence-corrected chi connectivity index (χ0v) is 33.3. The van der Waals surface area contributed by atoms with Gasteiger partial charge in [-0.25, -0.2) is 8.37 Å². The van der Waals surface area contributed by atoms with Crippen LogP contribution in [-0.2, 0) is 48.2 Å². The highest BCUT2D eigenvalue weighted by Gasteiger charge is 2.71. The quantitative estimate of drug-likeness (QED) is 0.117. The Morgan fingerprint density at radius 3 is 2.07 bits per heavy atom. The van der Waals surface area contributed by atoms with Crippen LogP contribution in [-0.4, -0.2) is 102 Å². The van der Waals surface area contributed by atoms with Crippen LogP contribution in [0, 0.1) is 50.2 Å². The van der Waals surface area contributed by atoms with Gasteiger partial charge in [0.1, 0.15) is 24.4 Å². The van der Waals surface area contributed by atoms with Crippen LogP contribution < -0.4 is 0 Å². The van der Waals surface area contributed by atoms with Gasteiger partial charge in [0.15, 0.2) is 0 Å². The highest BCUT2D eigenvalue weighted by molar-refractivity contribution is 7.81. The molecule has 0 bridgehead atoms. The van der Waals surface area contributed by atoms with Crippen LogP contribution in [0.15, 0.2) is 11.6 Å². The fraction of sp³-hybridized carbons (Fsp3) is 0.889. The smallest absolute Gasteiger partial charge is 0.397 e. The summed E-state index contributed by atoms with van der Waals surface area (Å²) in [6.07, 6.45) is -3.64. The minimum Gasteiger partial charge on any atom is -0.481 e. The van der Waals surface area contributed by atoms with E-state index in [2.05, 4.69) is 44.9 Å². The van der Waals surface area contributed by atoms with Crippen molar-refractivity contribution in [3.05, 3.63) is 11.6 Å². The normalized spacial score (nSPS) is 47.5. The number of fused-ring (bicyclic) bond motifs is 7. The number of aliphatic hydroxyl groups is 3. The van der Waals surface area contributed by atoms with E-state index in [9.17, 15) is 51.4 Å². The summed E-state index contributed by atoms with van der Waals surface area (Å²) in [6, 6.07) is 0. The van der Waals surface area contributed by atoms with Gasteiger partial charge in [-0.1, -0.05) is 46.3 Å². The Kier molecular flexibility index (Phi) is 10.4. The molecule has 1 saturated heterocycles. The third-order valence-electron chi connectivity index (χ3n) is 15.6. The van der Waals surface area contributed by atoms with Gasteiger partial charge < -0.3 is 29.9 Å². The first kappa shape index (κ1) is 41.9. The Morgan fingerprint density at radius 1 is 0.852 bits per heavy atom. The van der Waals surface area contributed by atoms with Crippen LogP contribution in [0.25, 0.3) is 0 Å². The van der Waals surface area contributed by atoms with Gasteiger partial charge in [-0.15, -0.1) is 0 Å². The monoisotopic (exact) mass is 808 g/mol. The number of carbonyl (C=O) groups excluding carboxylic acids is 1. The summed E-state index contributed by atoms with van der Waals surface area (Å²) in [5.41, 5.74) is -2.80. The second kappa shape index (κ2) is 13.4. The Morgan fingerprint density at radius 2 is 1.48 bits per heavy atom. The van der Waals surface area contributed by atoms with E-state index in [0.29, 0.717) is 44.9 Å². The average molecular weight is 809 g/mol.